The summed E-state index contributed by atoms with van der Waals surface area (Å²) in [5.74, 6) is 0. The highest BCUT2D eigenvalue weighted by Gasteiger charge is 2.33. The Morgan fingerprint density at radius 3 is 2.04 bits per heavy atom. The van der Waals surface area contributed by atoms with Gasteiger partial charge in [-0.3, -0.25) is 4.57 Å². The van der Waals surface area contributed by atoms with Gasteiger partial charge in [-0.2, -0.15) is 0 Å². The first-order chi connectivity index (χ1) is 13.1. The van der Waals surface area contributed by atoms with E-state index in [4.69, 9.17) is 0 Å². The molecule has 0 heterocycles. The van der Waals surface area contributed by atoms with Crippen molar-refractivity contribution in [1.29, 1.82) is 0 Å². The van der Waals surface area contributed by atoms with Crippen LogP contribution in [0.5, 0.6) is 0 Å². The first-order valence-corrected chi connectivity index (χ1v) is 11.2. The van der Waals surface area contributed by atoms with Gasteiger partial charge in [-0.15, -0.1) is 0 Å². The minimum Gasteiger partial charge on any atom is -0.359 e. The predicted molar refractivity (Wildman–Crippen MR) is 112 cm³/mol. The van der Waals surface area contributed by atoms with Crippen molar-refractivity contribution in [3.63, 3.8) is 0 Å². The molecule has 2 aromatic rings. The van der Waals surface area contributed by atoms with Crippen LogP contribution < -0.4 is 10.4 Å². The van der Waals surface area contributed by atoms with Crippen molar-refractivity contribution in [1.82, 2.24) is 0 Å². The third-order valence-electron chi connectivity index (χ3n) is 5.26. The van der Waals surface area contributed by atoms with Gasteiger partial charge in [-0.25, -0.2) is 0 Å². The van der Waals surface area contributed by atoms with Crippen molar-refractivity contribution >= 4 is 18.9 Å². The van der Waals surface area contributed by atoms with Gasteiger partial charge in [0, 0.05) is 22.4 Å². The van der Waals surface area contributed by atoms with E-state index in [0.29, 0.717) is 17.4 Å². The average molecular weight is 380 g/mol. The number of anilines is 2. The van der Waals surface area contributed by atoms with E-state index in [1.54, 1.807) is 0 Å². The molecule has 0 amide bonds. The highest BCUT2D eigenvalue weighted by Crippen LogP contribution is 2.58. The summed E-state index contributed by atoms with van der Waals surface area (Å²) < 4.78 is 13.2. The molecular weight excluding hydrogens is 355 g/mol. The van der Waals surface area contributed by atoms with Gasteiger partial charge in [0.25, 0.3) is 0 Å². The standard InChI is InChI=1S/C22H25N2O2P/c25-27(26,24-18-11-5-2-6-12-18)22-16-8-14-20(22)19-13-7-15-21(19)23-17-9-3-1-4-10-17/h1-6,9-12,23H,7-8,13-16H2,(H2,24,25,26). The largest absolute Gasteiger partial charge is 0.359 e. The molecule has 4 nitrogen and oxygen atoms in total. The van der Waals surface area contributed by atoms with Crippen molar-refractivity contribution < 1.29 is 9.46 Å². The molecule has 140 valence electrons. The quantitative estimate of drug-likeness (QED) is 0.517. The molecule has 1 unspecified atom stereocenters. The van der Waals surface area contributed by atoms with Crippen LogP contribution in [0.3, 0.4) is 0 Å². The fraction of sp³-hybridized carbons (Fsp3) is 0.273. The van der Waals surface area contributed by atoms with Gasteiger partial charge in [0.15, 0.2) is 0 Å². The number of rotatable bonds is 6. The van der Waals surface area contributed by atoms with Gasteiger partial charge < -0.3 is 15.3 Å². The third-order valence-corrected chi connectivity index (χ3v) is 7.05. The second kappa shape index (κ2) is 7.75. The molecule has 0 aromatic heterocycles. The van der Waals surface area contributed by atoms with E-state index < -0.39 is 7.52 Å². The first-order valence-electron chi connectivity index (χ1n) is 9.57. The van der Waals surface area contributed by atoms with Crippen molar-refractivity contribution in [3.8, 4) is 0 Å². The van der Waals surface area contributed by atoms with Crippen LogP contribution in [-0.4, -0.2) is 4.89 Å². The lowest BCUT2D eigenvalue weighted by molar-refractivity contribution is 0.490. The Hall–Kier alpha value is -2.29. The van der Waals surface area contributed by atoms with Crippen molar-refractivity contribution in [3.05, 3.63) is 82.8 Å². The van der Waals surface area contributed by atoms with E-state index in [1.807, 2.05) is 48.5 Å². The molecule has 2 aliphatic carbocycles. The molecule has 27 heavy (non-hydrogen) atoms. The lowest BCUT2D eigenvalue weighted by Gasteiger charge is -2.19. The molecule has 4 rings (SSSR count). The summed E-state index contributed by atoms with van der Waals surface area (Å²) in [6.45, 7) is 0. The average Bonchev–Trinajstić information content (AvgIpc) is 3.32. The van der Waals surface area contributed by atoms with Gasteiger partial charge in [0.05, 0.1) is 0 Å². The molecule has 0 spiro atoms. The van der Waals surface area contributed by atoms with Gasteiger partial charge in [-0.1, -0.05) is 36.4 Å². The molecule has 3 N–H and O–H groups in total. The maximum absolute atomic E-state index is 13.2. The Morgan fingerprint density at radius 2 is 1.33 bits per heavy atom. The van der Waals surface area contributed by atoms with Gasteiger partial charge in [0.1, 0.15) is 0 Å². The number of allylic oxidation sites excluding steroid dienone is 4. The van der Waals surface area contributed by atoms with E-state index in [-0.39, 0.29) is 0 Å². The van der Waals surface area contributed by atoms with Crippen molar-refractivity contribution in [2.24, 2.45) is 0 Å². The minimum absolute atomic E-state index is 0.685. The molecule has 0 saturated heterocycles. The zero-order chi connectivity index (χ0) is 18.7. The van der Waals surface area contributed by atoms with E-state index >= 15 is 0 Å². The second-order valence-electron chi connectivity index (χ2n) is 7.13. The van der Waals surface area contributed by atoms with E-state index in [9.17, 15) is 9.46 Å². The maximum atomic E-state index is 13.2. The van der Waals surface area contributed by atoms with Crippen molar-refractivity contribution in [2.75, 3.05) is 10.4 Å². The molecule has 2 aromatic carbocycles. The summed E-state index contributed by atoms with van der Waals surface area (Å²) in [4.78, 5) is 10.8. The Balaban J connectivity index is 1.65. The molecule has 0 radical (unpaired) electrons. The van der Waals surface area contributed by atoms with Crippen LogP contribution in [0.2, 0.25) is 0 Å². The predicted octanol–water partition coefficient (Wildman–Crippen LogP) is 6.27. The fourth-order valence-corrected chi connectivity index (χ4v) is 5.76. The smallest absolute Gasteiger partial charge is 0.317 e. The first kappa shape index (κ1) is 18.1. The highest BCUT2D eigenvalue weighted by atomic mass is 31.2. The van der Waals surface area contributed by atoms with Crippen LogP contribution in [-0.2, 0) is 4.57 Å². The van der Waals surface area contributed by atoms with Gasteiger partial charge >= 0.3 is 7.52 Å². The van der Waals surface area contributed by atoms with Crippen LogP contribution in [0.1, 0.15) is 38.5 Å². The van der Waals surface area contributed by atoms with Crippen LogP contribution in [0.4, 0.5) is 11.4 Å². The lowest BCUT2D eigenvalue weighted by atomic mass is 10.0. The third kappa shape index (κ3) is 4.02. The fourth-order valence-electron chi connectivity index (χ4n) is 4.05. The van der Waals surface area contributed by atoms with Crippen LogP contribution in [0.15, 0.2) is 82.8 Å². The minimum atomic E-state index is -3.61. The zero-order valence-electron chi connectivity index (χ0n) is 15.3. The number of hydrogen-bond acceptors (Lipinski definition) is 2. The SMILES string of the molecule is O=P(O)(Nc1ccccc1)C1=C(C2=C(Nc3ccccc3)CCC2)CCC1. The van der Waals surface area contributed by atoms with Crippen molar-refractivity contribution in [2.45, 2.75) is 38.5 Å². The number of hydrogen-bond donors (Lipinski definition) is 3. The van der Waals surface area contributed by atoms with E-state index in [2.05, 4.69) is 22.5 Å². The summed E-state index contributed by atoms with van der Waals surface area (Å²) in [7, 11) is -3.61. The summed E-state index contributed by atoms with van der Waals surface area (Å²) in [5.41, 5.74) is 5.30. The molecule has 0 fully saturated rings. The van der Waals surface area contributed by atoms with Gasteiger partial charge in [-0.05, 0) is 73.9 Å². The normalized spacial score (nSPS) is 19.3. The molecule has 5 heteroatoms. The molecule has 0 aliphatic heterocycles. The Morgan fingerprint density at radius 1 is 0.741 bits per heavy atom. The molecule has 0 saturated carbocycles. The Bertz CT molecular complexity index is 920. The van der Waals surface area contributed by atoms with Crippen LogP contribution in [0, 0.1) is 0 Å². The Kier molecular flexibility index (Phi) is 5.20. The molecule has 1 atom stereocenters. The summed E-state index contributed by atoms with van der Waals surface area (Å²) in [6, 6.07) is 19.4. The number of benzene rings is 2. The highest BCUT2D eigenvalue weighted by molar-refractivity contribution is 7.64. The zero-order valence-corrected chi connectivity index (χ0v) is 16.2. The second-order valence-corrected chi connectivity index (χ2v) is 9.05. The van der Waals surface area contributed by atoms with Gasteiger partial charge in [0.2, 0.25) is 0 Å². The van der Waals surface area contributed by atoms with Crippen LogP contribution in [0.25, 0.3) is 0 Å². The lowest BCUT2D eigenvalue weighted by Crippen LogP contribution is -2.03. The topological polar surface area (TPSA) is 61.4 Å². The Labute approximate surface area is 160 Å². The summed E-state index contributed by atoms with van der Waals surface area (Å²) in [5, 5.41) is 7.14. The number of nitrogens with one attached hydrogen (secondary N) is 2. The maximum Gasteiger partial charge on any atom is 0.317 e. The summed E-state index contributed by atoms with van der Waals surface area (Å²) >= 11 is 0. The van der Waals surface area contributed by atoms with Crippen LogP contribution >= 0.6 is 7.52 Å². The molecule has 0 bridgehead atoms. The van der Waals surface area contributed by atoms with E-state index in [1.165, 1.54) is 11.3 Å². The van der Waals surface area contributed by atoms with E-state index in [0.717, 1.165) is 43.4 Å². The molecule has 2 aliphatic rings. The number of para-hydroxylation sites is 2. The summed E-state index contributed by atoms with van der Waals surface area (Å²) in [6.07, 6.45) is 5.55. The monoisotopic (exact) mass is 380 g/mol. The molecular formula is C22H25N2O2P.